The summed E-state index contributed by atoms with van der Waals surface area (Å²) < 4.78 is 0. The summed E-state index contributed by atoms with van der Waals surface area (Å²) in [7, 11) is 0. The second kappa shape index (κ2) is 8.11. The number of hydrogen-bond donors (Lipinski definition) is 4. The predicted octanol–water partition coefficient (Wildman–Crippen LogP) is 2.74. The Labute approximate surface area is 198 Å². The van der Waals surface area contributed by atoms with Gasteiger partial charge in [0.25, 0.3) is 0 Å². The molecule has 0 bridgehead atoms. The zero-order chi connectivity index (χ0) is 24.7. The Morgan fingerprint density at radius 1 is 1.06 bits per heavy atom. The average Bonchev–Trinajstić information content (AvgIpc) is 2.66. The van der Waals surface area contributed by atoms with Crippen molar-refractivity contribution < 1.29 is 30.0 Å². The maximum atomic E-state index is 14.0. The molecule has 0 aliphatic heterocycles. The van der Waals surface area contributed by atoms with Crippen molar-refractivity contribution in [2.24, 2.45) is 52.3 Å². The highest BCUT2D eigenvalue weighted by atomic mass is 16.4. The van der Waals surface area contributed by atoms with E-state index in [0.29, 0.717) is 37.5 Å². The molecule has 6 nitrogen and oxygen atoms in total. The summed E-state index contributed by atoms with van der Waals surface area (Å²) in [6.07, 6.45) is 0.975. The van der Waals surface area contributed by atoms with E-state index in [1.165, 1.54) is 0 Å². The average molecular weight is 465 g/mol. The van der Waals surface area contributed by atoms with E-state index >= 15 is 0 Å². The molecule has 0 aromatic rings. The van der Waals surface area contributed by atoms with Crippen molar-refractivity contribution in [3.63, 3.8) is 0 Å². The lowest BCUT2D eigenvalue weighted by Gasteiger charge is -2.66. The van der Waals surface area contributed by atoms with Crippen LogP contribution in [0.1, 0.15) is 80.1 Å². The van der Waals surface area contributed by atoms with E-state index in [1.807, 2.05) is 20.8 Å². The lowest BCUT2D eigenvalue weighted by atomic mass is 9.39. The fourth-order valence-electron chi connectivity index (χ4n) is 9.22. The summed E-state index contributed by atoms with van der Waals surface area (Å²) in [5, 5.41) is 44.7. The molecule has 4 fully saturated rings. The van der Waals surface area contributed by atoms with Gasteiger partial charge in [-0.3, -0.25) is 9.59 Å². The maximum absolute atomic E-state index is 14.0. The van der Waals surface area contributed by atoms with Gasteiger partial charge in [0.05, 0.1) is 18.1 Å². The molecule has 0 heterocycles. The first-order chi connectivity index (χ1) is 15.2. The Morgan fingerprint density at radius 2 is 1.70 bits per heavy atom. The third kappa shape index (κ3) is 3.49. The smallest absolute Gasteiger partial charge is 0.173 e. The van der Waals surface area contributed by atoms with Crippen LogP contribution in [0.25, 0.3) is 0 Å². The molecule has 0 aromatic carbocycles. The summed E-state index contributed by atoms with van der Waals surface area (Å²) in [4.78, 5) is 27.6. The van der Waals surface area contributed by atoms with Gasteiger partial charge in [-0.2, -0.15) is 0 Å². The number of Topliss-reactive ketones (excluding diaryl/α,β-unsaturated/α-hetero) is 2. The molecule has 4 aliphatic rings. The Kier molecular flexibility index (Phi) is 6.21. The van der Waals surface area contributed by atoms with Gasteiger partial charge in [0.1, 0.15) is 11.9 Å². The molecule has 33 heavy (non-hydrogen) atoms. The van der Waals surface area contributed by atoms with Crippen molar-refractivity contribution in [2.45, 2.75) is 104 Å². The van der Waals surface area contributed by atoms with Gasteiger partial charge in [-0.25, -0.2) is 0 Å². The van der Waals surface area contributed by atoms with Crippen LogP contribution >= 0.6 is 0 Å². The maximum Gasteiger partial charge on any atom is 0.173 e. The third-order valence-corrected chi connectivity index (χ3v) is 10.2. The summed E-state index contributed by atoms with van der Waals surface area (Å²) in [5.74, 6) is -2.14. The number of hydrogen-bond acceptors (Lipinski definition) is 6. The van der Waals surface area contributed by atoms with Crippen molar-refractivity contribution in [3.8, 4) is 0 Å². The van der Waals surface area contributed by atoms with Crippen LogP contribution in [0.5, 0.6) is 0 Å². The molecule has 0 saturated heterocycles. The molecule has 0 aromatic heterocycles. The molecule has 0 spiro atoms. The minimum absolute atomic E-state index is 0.0637. The molecule has 0 amide bonds. The molecule has 4 rings (SSSR count). The lowest BCUT2D eigenvalue weighted by Crippen LogP contribution is -2.76. The molecule has 0 radical (unpaired) electrons. The monoisotopic (exact) mass is 464 g/mol. The van der Waals surface area contributed by atoms with Crippen LogP contribution in [0.4, 0.5) is 0 Å². The highest BCUT2D eigenvalue weighted by Gasteiger charge is 2.73. The van der Waals surface area contributed by atoms with Crippen LogP contribution in [-0.4, -0.2) is 55.9 Å². The molecule has 188 valence electrons. The van der Waals surface area contributed by atoms with Crippen LogP contribution in [0, 0.1) is 52.3 Å². The second-order valence-electron chi connectivity index (χ2n) is 13.2. The minimum Gasteiger partial charge on any atom is -0.393 e. The molecular weight excluding hydrogens is 420 g/mol. The normalized spacial score (nSPS) is 53.3. The predicted molar refractivity (Wildman–Crippen MR) is 124 cm³/mol. The fourth-order valence-corrected chi connectivity index (χ4v) is 9.22. The Hall–Kier alpha value is -0.820. The van der Waals surface area contributed by atoms with Gasteiger partial charge in [-0.15, -0.1) is 0 Å². The number of rotatable bonds is 3. The quantitative estimate of drug-likeness (QED) is 0.511. The summed E-state index contributed by atoms with van der Waals surface area (Å²) in [5.41, 5.74) is -3.51. The fraction of sp³-hybridized carbons (Fsp3) is 0.926. The van der Waals surface area contributed by atoms with E-state index in [0.717, 1.165) is 12.8 Å². The number of carbonyl (C=O) groups is 2. The van der Waals surface area contributed by atoms with E-state index in [2.05, 4.69) is 13.8 Å². The zero-order valence-corrected chi connectivity index (χ0v) is 21.1. The van der Waals surface area contributed by atoms with Gasteiger partial charge in [-0.05, 0) is 74.5 Å². The van der Waals surface area contributed by atoms with Crippen LogP contribution in [0.3, 0.4) is 0 Å². The molecule has 4 saturated carbocycles. The van der Waals surface area contributed by atoms with Crippen LogP contribution < -0.4 is 0 Å². The zero-order valence-electron chi connectivity index (χ0n) is 21.1. The SMILES string of the molecule is CC(C)CC1CCC(O)C2C(=O)C3C(O)[C@]4(O)C(=O)C(C(C)O)C(C)CC4(C)CC3(C)CC12. The third-order valence-electron chi connectivity index (χ3n) is 10.2. The van der Waals surface area contributed by atoms with Gasteiger partial charge in [0, 0.05) is 17.3 Å². The first kappa shape index (κ1) is 25.3. The van der Waals surface area contributed by atoms with E-state index in [9.17, 15) is 30.0 Å². The highest BCUT2D eigenvalue weighted by molar-refractivity contribution is 5.95. The van der Waals surface area contributed by atoms with Crippen LogP contribution in [0.2, 0.25) is 0 Å². The number of fused-ring (bicyclic) bond motifs is 3. The molecule has 6 heteroatoms. The molecule has 4 aliphatic carbocycles. The van der Waals surface area contributed by atoms with E-state index in [4.69, 9.17) is 0 Å². The van der Waals surface area contributed by atoms with Crippen molar-refractivity contribution in [1.29, 1.82) is 0 Å². The summed E-state index contributed by atoms with van der Waals surface area (Å²) in [6.45, 7) is 11.8. The topological polar surface area (TPSA) is 115 Å². The first-order valence-electron chi connectivity index (χ1n) is 13.0. The standard InChI is InChI=1S/C27H44O6/c1-13(2)9-16-7-8-18(29)20-17(16)11-25(5)12-26(6)10-14(3)19(15(4)28)23(31)27(26,33)24(32)21(25)22(20)30/h13-21,24,28-29,32-33H,7-12H2,1-6H3/t14?,15?,16?,17?,18?,19?,20?,21?,24?,25?,26?,27-/m1/s1. The van der Waals surface area contributed by atoms with E-state index in [-0.39, 0.29) is 17.6 Å². The summed E-state index contributed by atoms with van der Waals surface area (Å²) >= 11 is 0. The van der Waals surface area contributed by atoms with Crippen molar-refractivity contribution in [3.05, 3.63) is 0 Å². The Morgan fingerprint density at radius 3 is 2.27 bits per heavy atom. The Balaban J connectivity index is 1.77. The van der Waals surface area contributed by atoms with Gasteiger partial charge in [-0.1, -0.05) is 34.6 Å². The van der Waals surface area contributed by atoms with Gasteiger partial charge in [0.2, 0.25) is 0 Å². The largest absolute Gasteiger partial charge is 0.393 e. The number of ketones is 2. The Bertz CT molecular complexity index is 808. The first-order valence-corrected chi connectivity index (χ1v) is 13.0. The lowest BCUT2D eigenvalue weighted by molar-refractivity contribution is -0.255. The van der Waals surface area contributed by atoms with Gasteiger partial charge >= 0.3 is 0 Å². The summed E-state index contributed by atoms with van der Waals surface area (Å²) in [6, 6.07) is 0. The number of carbonyl (C=O) groups excluding carboxylic acids is 2. The van der Waals surface area contributed by atoms with Crippen LogP contribution in [-0.2, 0) is 9.59 Å². The van der Waals surface area contributed by atoms with Crippen LogP contribution in [0.15, 0.2) is 0 Å². The number of aliphatic hydroxyl groups is 4. The van der Waals surface area contributed by atoms with E-state index < -0.39 is 58.3 Å². The highest BCUT2D eigenvalue weighted by Crippen LogP contribution is 2.66. The van der Waals surface area contributed by atoms with Crippen molar-refractivity contribution >= 4 is 11.6 Å². The molecule has 12 atom stereocenters. The molecule has 4 N–H and O–H groups in total. The van der Waals surface area contributed by atoms with Gasteiger partial charge < -0.3 is 20.4 Å². The van der Waals surface area contributed by atoms with Crippen molar-refractivity contribution in [1.82, 2.24) is 0 Å². The van der Waals surface area contributed by atoms with Crippen molar-refractivity contribution in [2.75, 3.05) is 0 Å². The second-order valence-corrected chi connectivity index (χ2v) is 13.2. The molecule has 11 unspecified atom stereocenters. The minimum atomic E-state index is -2.08. The van der Waals surface area contributed by atoms with Gasteiger partial charge in [0.15, 0.2) is 11.4 Å². The molecular formula is C27H44O6. The number of aliphatic hydroxyl groups excluding tert-OH is 3. The van der Waals surface area contributed by atoms with E-state index in [1.54, 1.807) is 6.92 Å².